The maximum absolute atomic E-state index is 10.5. The van der Waals surface area contributed by atoms with Crippen LogP contribution in [0.25, 0.3) is 0 Å². The van der Waals surface area contributed by atoms with Gasteiger partial charge in [-0.15, -0.1) is 0 Å². The number of aliphatic carboxylic acids is 1. The summed E-state index contributed by atoms with van der Waals surface area (Å²) >= 11 is 0. The normalized spacial score (nSPS) is 11.5. The molecule has 0 amide bonds. The Morgan fingerprint density at radius 2 is 1.88 bits per heavy atom. The van der Waals surface area contributed by atoms with Crippen molar-refractivity contribution in [1.82, 2.24) is 0 Å². The minimum absolute atomic E-state index is 0.0924. The van der Waals surface area contributed by atoms with Crippen molar-refractivity contribution < 1.29 is 15.0 Å². The molecule has 0 bridgehead atoms. The molecule has 0 aliphatic heterocycles. The smallest absolute Gasteiger partial charge is 0.303 e. The van der Waals surface area contributed by atoms with Crippen LogP contribution in [0, 0.1) is 6.92 Å². The highest BCUT2D eigenvalue weighted by atomic mass is 16.4. The van der Waals surface area contributed by atoms with Crippen LogP contribution in [0.3, 0.4) is 0 Å². The molecular formula is C14H20O3. The molecule has 0 saturated carbocycles. The molecule has 94 valence electrons. The van der Waals surface area contributed by atoms with Gasteiger partial charge in [-0.1, -0.05) is 26.8 Å². The molecule has 2 N–H and O–H groups in total. The predicted octanol–water partition coefficient (Wildman–Crippen LogP) is 3.02. The van der Waals surface area contributed by atoms with Crippen molar-refractivity contribution in [1.29, 1.82) is 0 Å². The molecule has 1 rings (SSSR count). The number of rotatable bonds is 3. The van der Waals surface area contributed by atoms with E-state index in [9.17, 15) is 9.90 Å². The number of hydrogen-bond acceptors (Lipinski definition) is 2. The number of phenolic OH excluding ortho intramolecular Hbond substituents is 1. The minimum atomic E-state index is -0.816. The average molecular weight is 236 g/mol. The molecule has 1 aromatic rings. The molecule has 1 aromatic carbocycles. The summed E-state index contributed by atoms with van der Waals surface area (Å²) in [5.41, 5.74) is 2.72. The number of phenols is 1. The van der Waals surface area contributed by atoms with Gasteiger partial charge >= 0.3 is 5.97 Å². The second-order valence-electron chi connectivity index (χ2n) is 5.44. The minimum Gasteiger partial charge on any atom is -0.508 e. The number of aromatic hydroxyl groups is 1. The summed E-state index contributed by atoms with van der Waals surface area (Å²) in [4.78, 5) is 10.5. The van der Waals surface area contributed by atoms with Crippen molar-refractivity contribution >= 4 is 5.97 Å². The lowest BCUT2D eigenvalue weighted by Gasteiger charge is -2.22. The maximum Gasteiger partial charge on any atom is 0.303 e. The zero-order valence-corrected chi connectivity index (χ0v) is 10.9. The van der Waals surface area contributed by atoms with Gasteiger partial charge in [0.25, 0.3) is 0 Å². The molecule has 3 heteroatoms. The highest BCUT2D eigenvalue weighted by Crippen LogP contribution is 2.33. The number of aryl methyl sites for hydroxylation is 2. The molecule has 0 aliphatic rings. The lowest BCUT2D eigenvalue weighted by atomic mass is 9.84. The van der Waals surface area contributed by atoms with Crippen molar-refractivity contribution in [2.24, 2.45) is 0 Å². The topological polar surface area (TPSA) is 57.5 Å². The van der Waals surface area contributed by atoms with Gasteiger partial charge in [0.2, 0.25) is 0 Å². The van der Waals surface area contributed by atoms with Gasteiger partial charge in [0.1, 0.15) is 5.75 Å². The summed E-state index contributed by atoms with van der Waals surface area (Å²) in [6.07, 6.45) is 0.550. The van der Waals surface area contributed by atoms with Crippen LogP contribution >= 0.6 is 0 Å². The van der Waals surface area contributed by atoms with Gasteiger partial charge in [-0.25, -0.2) is 0 Å². The Morgan fingerprint density at radius 3 is 2.35 bits per heavy atom. The van der Waals surface area contributed by atoms with Crippen LogP contribution in [0.2, 0.25) is 0 Å². The third-order valence-electron chi connectivity index (χ3n) is 2.87. The first kappa shape index (κ1) is 13.6. The van der Waals surface area contributed by atoms with E-state index < -0.39 is 5.97 Å². The van der Waals surface area contributed by atoms with Crippen LogP contribution in [0.1, 0.15) is 43.9 Å². The molecule has 0 unspecified atom stereocenters. The summed E-state index contributed by atoms with van der Waals surface area (Å²) in [6, 6.07) is 3.64. The van der Waals surface area contributed by atoms with E-state index >= 15 is 0 Å². The molecule has 0 radical (unpaired) electrons. The van der Waals surface area contributed by atoms with Crippen LogP contribution < -0.4 is 0 Å². The van der Waals surface area contributed by atoms with Crippen molar-refractivity contribution in [2.75, 3.05) is 0 Å². The van der Waals surface area contributed by atoms with Crippen LogP contribution in [-0.2, 0) is 16.6 Å². The quantitative estimate of drug-likeness (QED) is 0.848. The predicted molar refractivity (Wildman–Crippen MR) is 67.5 cm³/mol. The van der Waals surface area contributed by atoms with E-state index in [4.69, 9.17) is 5.11 Å². The van der Waals surface area contributed by atoms with E-state index in [1.165, 1.54) is 0 Å². The highest BCUT2D eigenvalue weighted by Gasteiger charge is 2.19. The van der Waals surface area contributed by atoms with E-state index in [-0.39, 0.29) is 17.6 Å². The fraction of sp³-hybridized carbons (Fsp3) is 0.500. The van der Waals surface area contributed by atoms with Gasteiger partial charge < -0.3 is 10.2 Å². The largest absolute Gasteiger partial charge is 0.508 e. The van der Waals surface area contributed by atoms with Crippen molar-refractivity contribution in [3.05, 3.63) is 28.8 Å². The second kappa shape index (κ2) is 4.78. The molecule has 0 spiro atoms. The van der Waals surface area contributed by atoms with Crippen LogP contribution in [-0.4, -0.2) is 16.2 Å². The third kappa shape index (κ3) is 3.48. The van der Waals surface area contributed by atoms with E-state index in [2.05, 4.69) is 0 Å². The van der Waals surface area contributed by atoms with E-state index in [1.54, 1.807) is 6.07 Å². The maximum atomic E-state index is 10.5. The zero-order chi connectivity index (χ0) is 13.2. The first-order chi connectivity index (χ1) is 7.71. The number of carboxylic acid groups (broad SMARTS) is 1. The van der Waals surface area contributed by atoms with Gasteiger partial charge in [0, 0.05) is 6.42 Å². The van der Waals surface area contributed by atoms with Crippen molar-refractivity contribution in [3.8, 4) is 5.75 Å². The van der Waals surface area contributed by atoms with Crippen LogP contribution in [0.4, 0.5) is 0 Å². The molecule has 0 fully saturated rings. The van der Waals surface area contributed by atoms with Gasteiger partial charge in [-0.05, 0) is 41.5 Å². The molecule has 17 heavy (non-hydrogen) atoms. The fourth-order valence-corrected chi connectivity index (χ4v) is 1.85. The van der Waals surface area contributed by atoms with Gasteiger partial charge in [-0.3, -0.25) is 4.79 Å². The summed E-state index contributed by atoms with van der Waals surface area (Å²) in [7, 11) is 0. The highest BCUT2D eigenvalue weighted by molar-refractivity contribution is 5.67. The Balaban J connectivity index is 3.06. The lowest BCUT2D eigenvalue weighted by Crippen LogP contribution is -2.12. The summed E-state index contributed by atoms with van der Waals surface area (Å²) in [6.45, 7) is 8.07. The Kier molecular flexibility index (Phi) is 3.81. The van der Waals surface area contributed by atoms with E-state index in [1.807, 2.05) is 33.8 Å². The summed E-state index contributed by atoms with van der Waals surface area (Å²) in [5, 5.41) is 18.6. The monoisotopic (exact) mass is 236 g/mol. The van der Waals surface area contributed by atoms with E-state index in [0.29, 0.717) is 6.42 Å². The number of carbonyl (C=O) groups is 1. The Labute approximate surface area is 102 Å². The van der Waals surface area contributed by atoms with Crippen molar-refractivity contribution in [2.45, 2.75) is 46.0 Å². The standard InChI is InChI=1S/C14H20O3/c1-9-7-11(14(2,3)4)12(15)8-10(9)5-6-13(16)17/h7-8,15H,5-6H2,1-4H3,(H,16,17). The SMILES string of the molecule is Cc1cc(C(C)(C)C)c(O)cc1CCC(=O)O. The van der Waals surface area contributed by atoms with Gasteiger partial charge in [0.15, 0.2) is 0 Å². The molecule has 0 atom stereocenters. The molecule has 0 aliphatic carbocycles. The molecule has 3 nitrogen and oxygen atoms in total. The first-order valence-electron chi connectivity index (χ1n) is 5.76. The number of hydrogen-bond donors (Lipinski definition) is 2. The van der Waals surface area contributed by atoms with Gasteiger partial charge in [-0.2, -0.15) is 0 Å². The fourth-order valence-electron chi connectivity index (χ4n) is 1.85. The Bertz CT molecular complexity index is 428. The zero-order valence-electron chi connectivity index (χ0n) is 10.9. The van der Waals surface area contributed by atoms with Crippen LogP contribution in [0.5, 0.6) is 5.75 Å². The molecule has 0 heterocycles. The Morgan fingerprint density at radius 1 is 1.29 bits per heavy atom. The number of carboxylic acids is 1. The lowest BCUT2D eigenvalue weighted by molar-refractivity contribution is -0.136. The molecule has 0 saturated heterocycles. The number of benzene rings is 1. The first-order valence-corrected chi connectivity index (χ1v) is 5.76. The average Bonchev–Trinajstić information content (AvgIpc) is 2.17. The van der Waals surface area contributed by atoms with Crippen molar-refractivity contribution in [3.63, 3.8) is 0 Å². The van der Waals surface area contributed by atoms with Gasteiger partial charge in [0.05, 0.1) is 0 Å². The summed E-state index contributed by atoms with van der Waals surface area (Å²) < 4.78 is 0. The van der Waals surface area contributed by atoms with Crippen LogP contribution in [0.15, 0.2) is 12.1 Å². The molecular weight excluding hydrogens is 216 g/mol. The second-order valence-corrected chi connectivity index (χ2v) is 5.44. The summed E-state index contributed by atoms with van der Waals surface area (Å²) in [5.74, 6) is -0.563. The third-order valence-corrected chi connectivity index (χ3v) is 2.87. The Hall–Kier alpha value is -1.51. The van der Waals surface area contributed by atoms with E-state index in [0.717, 1.165) is 16.7 Å². The molecule has 0 aromatic heterocycles.